The van der Waals surface area contributed by atoms with Crippen molar-refractivity contribution in [2.45, 2.75) is 70.3 Å². The topological polar surface area (TPSA) is 90.7 Å². The molecule has 4 rings (SSSR count). The van der Waals surface area contributed by atoms with Gasteiger partial charge in [0.05, 0.1) is 18.6 Å². The molecule has 2 aromatic carbocycles. The second-order valence-electron chi connectivity index (χ2n) is 9.49. The highest BCUT2D eigenvalue weighted by Crippen LogP contribution is 2.29. The van der Waals surface area contributed by atoms with E-state index in [0.29, 0.717) is 17.7 Å². The van der Waals surface area contributed by atoms with Crippen LogP contribution < -0.4 is 15.8 Å². The molecule has 2 aromatic rings. The first-order chi connectivity index (χ1) is 16.1. The number of amides is 1. The summed E-state index contributed by atoms with van der Waals surface area (Å²) < 4.78 is 11.8. The van der Waals surface area contributed by atoms with Crippen molar-refractivity contribution in [2.24, 2.45) is 11.7 Å². The van der Waals surface area contributed by atoms with Crippen molar-refractivity contribution in [3.8, 4) is 5.75 Å². The zero-order valence-corrected chi connectivity index (χ0v) is 19.4. The van der Waals surface area contributed by atoms with Crippen LogP contribution in [0.3, 0.4) is 0 Å². The Morgan fingerprint density at radius 2 is 1.88 bits per heavy atom. The van der Waals surface area contributed by atoms with Crippen LogP contribution in [0.2, 0.25) is 0 Å². The molecule has 1 aliphatic heterocycles. The molecule has 1 unspecified atom stereocenters. The van der Waals surface area contributed by atoms with Gasteiger partial charge in [0.25, 0.3) is 0 Å². The maximum Gasteiger partial charge on any atom is 0.338 e. The van der Waals surface area contributed by atoms with Crippen LogP contribution in [0, 0.1) is 5.92 Å². The van der Waals surface area contributed by atoms with E-state index in [2.05, 4.69) is 5.32 Å². The monoisotopic (exact) mass is 452 g/mol. The van der Waals surface area contributed by atoms with Gasteiger partial charge in [0.2, 0.25) is 5.91 Å². The first kappa shape index (κ1) is 23.6. The number of nitrogens with one attached hydrogen (secondary N) is 1. The quantitative estimate of drug-likeness (QED) is 0.431. The van der Waals surface area contributed by atoms with E-state index >= 15 is 0 Å². The summed E-state index contributed by atoms with van der Waals surface area (Å²) in [7, 11) is 0. The van der Waals surface area contributed by atoms with E-state index in [1.807, 2.05) is 24.3 Å². The van der Waals surface area contributed by atoms with Crippen molar-refractivity contribution >= 4 is 22.6 Å². The van der Waals surface area contributed by atoms with Crippen LogP contribution in [0.4, 0.5) is 0 Å². The maximum absolute atomic E-state index is 12.9. The van der Waals surface area contributed by atoms with Crippen LogP contribution in [-0.2, 0) is 16.0 Å². The standard InChI is InChI=1S/C27H36N2O4/c28-26(30)17-25-23-13-11-22(32-15-5-7-19-6-4-14-29-18-19)16-20(23)10-12-24(25)27(31)33-21-8-2-1-3-9-21/h10-13,16,19,21,29H,1-9,14-15,17-18H2,(H2,28,30). The number of nitrogens with two attached hydrogens (primary N) is 1. The number of hydrogen-bond acceptors (Lipinski definition) is 5. The lowest BCUT2D eigenvalue weighted by molar-refractivity contribution is -0.117. The predicted molar refractivity (Wildman–Crippen MR) is 129 cm³/mol. The number of rotatable bonds is 9. The number of benzene rings is 2. The van der Waals surface area contributed by atoms with Crippen LogP contribution >= 0.6 is 0 Å². The first-order valence-corrected chi connectivity index (χ1v) is 12.5. The van der Waals surface area contributed by atoms with Gasteiger partial charge in [0, 0.05) is 0 Å². The molecule has 1 heterocycles. The third kappa shape index (κ3) is 6.47. The van der Waals surface area contributed by atoms with Gasteiger partial charge in [-0.2, -0.15) is 0 Å². The van der Waals surface area contributed by atoms with Crippen molar-refractivity contribution in [1.29, 1.82) is 0 Å². The lowest BCUT2D eigenvalue weighted by Crippen LogP contribution is -2.29. The minimum atomic E-state index is -0.466. The van der Waals surface area contributed by atoms with Gasteiger partial charge in [0.15, 0.2) is 0 Å². The van der Waals surface area contributed by atoms with E-state index in [4.69, 9.17) is 15.2 Å². The number of hydrogen-bond donors (Lipinski definition) is 2. The summed E-state index contributed by atoms with van der Waals surface area (Å²) in [4.78, 5) is 24.7. The number of carbonyl (C=O) groups excluding carboxylic acids is 2. The largest absolute Gasteiger partial charge is 0.494 e. The zero-order valence-electron chi connectivity index (χ0n) is 19.4. The van der Waals surface area contributed by atoms with E-state index in [9.17, 15) is 9.59 Å². The summed E-state index contributed by atoms with van der Waals surface area (Å²) in [5.41, 5.74) is 6.59. The Labute approximate surface area is 196 Å². The van der Waals surface area contributed by atoms with Crippen molar-refractivity contribution in [3.63, 3.8) is 0 Å². The van der Waals surface area contributed by atoms with Crippen LogP contribution in [-0.4, -0.2) is 37.7 Å². The van der Waals surface area contributed by atoms with Crippen molar-refractivity contribution < 1.29 is 19.1 Å². The van der Waals surface area contributed by atoms with Gasteiger partial charge in [-0.1, -0.05) is 18.6 Å². The second-order valence-corrected chi connectivity index (χ2v) is 9.49. The highest BCUT2D eigenvalue weighted by atomic mass is 16.5. The van der Waals surface area contributed by atoms with E-state index in [0.717, 1.165) is 67.6 Å². The third-order valence-electron chi connectivity index (χ3n) is 6.92. The Balaban J connectivity index is 1.44. The molecule has 1 aliphatic carbocycles. The molecule has 33 heavy (non-hydrogen) atoms. The fourth-order valence-corrected chi connectivity index (χ4v) is 5.15. The van der Waals surface area contributed by atoms with Gasteiger partial charge in [-0.05, 0) is 105 Å². The molecule has 0 radical (unpaired) electrons. The molecule has 1 saturated heterocycles. The van der Waals surface area contributed by atoms with Crippen LogP contribution in [0.25, 0.3) is 10.8 Å². The fraction of sp³-hybridized carbons (Fsp3) is 0.556. The maximum atomic E-state index is 12.9. The highest BCUT2D eigenvalue weighted by molar-refractivity contribution is 6.01. The van der Waals surface area contributed by atoms with Gasteiger partial charge in [-0.3, -0.25) is 4.79 Å². The summed E-state index contributed by atoms with van der Waals surface area (Å²) in [6.45, 7) is 2.94. The lowest BCUT2D eigenvalue weighted by atomic mass is 9.95. The fourth-order valence-electron chi connectivity index (χ4n) is 5.15. The van der Waals surface area contributed by atoms with Crippen LogP contribution in [0.15, 0.2) is 30.3 Å². The summed E-state index contributed by atoms with van der Waals surface area (Å²) in [6, 6.07) is 9.46. The summed E-state index contributed by atoms with van der Waals surface area (Å²) >= 11 is 0. The van der Waals surface area contributed by atoms with Crippen molar-refractivity contribution in [1.82, 2.24) is 5.32 Å². The van der Waals surface area contributed by atoms with E-state index in [1.165, 1.54) is 25.7 Å². The normalized spacial score (nSPS) is 19.3. The van der Waals surface area contributed by atoms with Crippen LogP contribution in [0.1, 0.15) is 73.7 Å². The van der Waals surface area contributed by atoms with Gasteiger partial charge in [-0.25, -0.2) is 4.79 Å². The Morgan fingerprint density at radius 3 is 2.64 bits per heavy atom. The summed E-state index contributed by atoms with van der Waals surface area (Å²) in [5.74, 6) is 0.721. The minimum absolute atomic E-state index is 0.00205. The molecule has 1 saturated carbocycles. The van der Waals surface area contributed by atoms with E-state index in [1.54, 1.807) is 6.07 Å². The van der Waals surface area contributed by atoms with Crippen LogP contribution in [0.5, 0.6) is 5.75 Å². The van der Waals surface area contributed by atoms with Gasteiger partial charge in [-0.15, -0.1) is 0 Å². The Morgan fingerprint density at radius 1 is 1.03 bits per heavy atom. The van der Waals surface area contributed by atoms with Gasteiger partial charge >= 0.3 is 5.97 Å². The SMILES string of the molecule is NC(=O)Cc1c(C(=O)OC2CCCCC2)ccc2cc(OCCCC3CCCNC3)ccc12. The molecule has 0 bridgehead atoms. The summed E-state index contributed by atoms with van der Waals surface area (Å²) in [5, 5.41) is 5.23. The molecule has 6 nitrogen and oxygen atoms in total. The number of ether oxygens (including phenoxy) is 2. The number of esters is 1. The van der Waals surface area contributed by atoms with Gasteiger partial charge in [0.1, 0.15) is 11.9 Å². The Hall–Kier alpha value is -2.60. The average molecular weight is 453 g/mol. The number of carbonyl (C=O) groups is 2. The van der Waals surface area contributed by atoms with Crippen molar-refractivity contribution in [2.75, 3.05) is 19.7 Å². The highest BCUT2D eigenvalue weighted by Gasteiger charge is 2.22. The molecule has 0 spiro atoms. The lowest BCUT2D eigenvalue weighted by Gasteiger charge is -2.23. The molecule has 1 amide bonds. The number of fused-ring (bicyclic) bond motifs is 1. The molecule has 0 aromatic heterocycles. The molecule has 6 heteroatoms. The predicted octanol–water partition coefficient (Wildman–Crippen LogP) is 4.52. The minimum Gasteiger partial charge on any atom is -0.494 e. The second kappa shape index (κ2) is 11.5. The molecule has 1 atom stereocenters. The molecule has 2 aliphatic rings. The third-order valence-corrected chi connectivity index (χ3v) is 6.92. The molecular weight excluding hydrogens is 416 g/mol. The average Bonchev–Trinajstić information content (AvgIpc) is 2.83. The first-order valence-electron chi connectivity index (χ1n) is 12.5. The molecule has 178 valence electrons. The van der Waals surface area contributed by atoms with E-state index < -0.39 is 5.91 Å². The van der Waals surface area contributed by atoms with E-state index in [-0.39, 0.29) is 18.5 Å². The number of primary amides is 1. The van der Waals surface area contributed by atoms with Crippen molar-refractivity contribution in [3.05, 3.63) is 41.5 Å². The summed E-state index contributed by atoms with van der Waals surface area (Å²) in [6.07, 6.45) is 9.92. The Kier molecular flexibility index (Phi) is 8.21. The zero-order chi connectivity index (χ0) is 23.0. The smallest absolute Gasteiger partial charge is 0.338 e. The van der Waals surface area contributed by atoms with Gasteiger partial charge < -0.3 is 20.5 Å². The number of piperidine rings is 1. The Bertz CT molecular complexity index is 962. The molecule has 2 fully saturated rings. The molecule has 3 N–H and O–H groups in total. The molecular formula is C27H36N2O4.